The van der Waals surface area contributed by atoms with E-state index < -0.39 is 0 Å². The molecule has 0 amide bonds. The number of nitrogens with zero attached hydrogens (tertiary/aromatic N) is 2. The zero-order valence-electron chi connectivity index (χ0n) is 10.9. The summed E-state index contributed by atoms with van der Waals surface area (Å²) in [5.41, 5.74) is 3.33. The van der Waals surface area contributed by atoms with Crippen molar-refractivity contribution in [3.8, 4) is 0 Å². The van der Waals surface area contributed by atoms with Crippen molar-refractivity contribution >= 4 is 11.6 Å². The Morgan fingerprint density at radius 1 is 1.28 bits per heavy atom. The molecule has 0 bridgehead atoms. The van der Waals surface area contributed by atoms with Crippen LogP contribution in [0.5, 0.6) is 0 Å². The Morgan fingerprint density at radius 2 is 2.06 bits per heavy atom. The SMILES string of the molecule is Cc1noc(C)c1CN(C)Cc1cccc(Cl)c1. The average molecular weight is 265 g/mol. The van der Waals surface area contributed by atoms with Crippen LogP contribution >= 0.6 is 11.6 Å². The Bertz CT molecular complexity index is 517. The lowest BCUT2D eigenvalue weighted by atomic mass is 10.1. The topological polar surface area (TPSA) is 29.3 Å². The van der Waals surface area contributed by atoms with Gasteiger partial charge in [-0.3, -0.25) is 4.90 Å². The predicted molar refractivity (Wildman–Crippen MR) is 72.6 cm³/mol. The maximum absolute atomic E-state index is 5.98. The van der Waals surface area contributed by atoms with Crippen molar-refractivity contribution in [2.24, 2.45) is 0 Å². The van der Waals surface area contributed by atoms with Gasteiger partial charge in [0.1, 0.15) is 5.76 Å². The molecule has 2 aromatic rings. The molecule has 0 N–H and O–H groups in total. The highest BCUT2D eigenvalue weighted by Crippen LogP contribution is 2.17. The molecule has 0 spiro atoms. The molecule has 1 heterocycles. The van der Waals surface area contributed by atoms with E-state index in [-0.39, 0.29) is 0 Å². The van der Waals surface area contributed by atoms with E-state index in [1.807, 2.05) is 32.0 Å². The minimum absolute atomic E-state index is 0.776. The Balaban J connectivity index is 2.03. The summed E-state index contributed by atoms with van der Waals surface area (Å²) in [4.78, 5) is 2.22. The van der Waals surface area contributed by atoms with Gasteiger partial charge in [-0.05, 0) is 38.6 Å². The third kappa shape index (κ3) is 3.12. The summed E-state index contributed by atoms with van der Waals surface area (Å²) < 4.78 is 5.17. The van der Waals surface area contributed by atoms with Crippen LogP contribution in [0, 0.1) is 13.8 Å². The first-order valence-corrected chi connectivity index (χ1v) is 6.29. The van der Waals surface area contributed by atoms with Crippen LogP contribution in [-0.4, -0.2) is 17.1 Å². The zero-order valence-corrected chi connectivity index (χ0v) is 11.7. The van der Waals surface area contributed by atoms with E-state index >= 15 is 0 Å². The molecule has 18 heavy (non-hydrogen) atoms. The fourth-order valence-electron chi connectivity index (χ4n) is 2.00. The van der Waals surface area contributed by atoms with Crippen molar-refractivity contribution in [1.82, 2.24) is 10.1 Å². The summed E-state index contributed by atoms with van der Waals surface area (Å²) in [5, 5.41) is 4.74. The lowest BCUT2D eigenvalue weighted by Crippen LogP contribution is -2.17. The molecule has 1 aromatic carbocycles. The molecule has 0 saturated carbocycles. The van der Waals surface area contributed by atoms with E-state index in [9.17, 15) is 0 Å². The summed E-state index contributed by atoms with van der Waals surface area (Å²) in [6.45, 7) is 5.60. The number of hydrogen-bond acceptors (Lipinski definition) is 3. The molecule has 0 aliphatic rings. The highest BCUT2D eigenvalue weighted by atomic mass is 35.5. The first kappa shape index (κ1) is 13.1. The van der Waals surface area contributed by atoms with Crippen molar-refractivity contribution in [2.75, 3.05) is 7.05 Å². The summed E-state index contributed by atoms with van der Waals surface area (Å²) in [6.07, 6.45) is 0. The van der Waals surface area contributed by atoms with E-state index in [2.05, 4.69) is 23.2 Å². The Hall–Kier alpha value is -1.32. The number of benzene rings is 1. The number of aromatic nitrogens is 1. The number of hydrogen-bond donors (Lipinski definition) is 0. The van der Waals surface area contributed by atoms with Gasteiger partial charge in [-0.2, -0.15) is 0 Å². The maximum Gasteiger partial charge on any atom is 0.138 e. The van der Waals surface area contributed by atoms with Gasteiger partial charge in [0.15, 0.2) is 0 Å². The third-order valence-corrected chi connectivity index (χ3v) is 3.19. The molecule has 0 radical (unpaired) electrons. The highest BCUT2D eigenvalue weighted by Gasteiger charge is 2.11. The lowest BCUT2D eigenvalue weighted by molar-refractivity contribution is 0.315. The summed E-state index contributed by atoms with van der Waals surface area (Å²) in [7, 11) is 2.08. The number of rotatable bonds is 4. The van der Waals surface area contributed by atoms with Gasteiger partial charge in [0, 0.05) is 23.7 Å². The largest absolute Gasteiger partial charge is 0.361 e. The molecule has 1 aromatic heterocycles. The molecule has 0 atom stereocenters. The van der Waals surface area contributed by atoms with Crippen LogP contribution in [0.15, 0.2) is 28.8 Å². The summed E-state index contributed by atoms with van der Waals surface area (Å²) in [5.74, 6) is 0.894. The third-order valence-electron chi connectivity index (χ3n) is 2.95. The average Bonchev–Trinajstić information content (AvgIpc) is 2.61. The minimum atomic E-state index is 0.776. The van der Waals surface area contributed by atoms with Gasteiger partial charge < -0.3 is 4.52 Å². The van der Waals surface area contributed by atoms with Crippen molar-refractivity contribution < 1.29 is 4.52 Å². The van der Waals surface area contributed by atoms with Crippen LogP contribution in [0.1, 0.15) is 22.6 Å². The van der Waals surface area contributed by atoms with E-state index in [1.165, 1.54) is 11.1 Å². The normalized spacial score (nSPS) is 11.2. The van der Waals surface area contributed by atoms with Gasteiger partial charge >= 0.3 is 0 Å². The van der Waals surface area contributed by atoms with Crippen LogP contribution in [0.25, 0.3) is 0 Å². The van der Waals surface area contributed by atoms with Crippen LogP contribution in [0.4, 0.5) is 0 Å². The Labute approximate surface area is 112 Å². The van der Waals surface area contributed by atoms with Crippen LogP contribution in [0.2, 0.25) is 5.02 Å². The van der Waals surface area contributed by atoms with E-state index in [0.29, 0.717) is 0 Å². The molecule has 0 aliphatic heterocycles. The zero-order chi connectivity index (χ0) is 13.1. The van der Waals surface area contributed by atoms with E-state index in [0.717, 1.165) is 29.6 Å². The lowest BCUT2D eigenvalue weighted by Gasteiger charge is -2.16. The van der Waals surface area contributed by atoms with Gasteiger partial charge in [-0.25, -0.2) is 0 Å². The highest BCUT2D eigenvalue weighted by molar-refractivity contribution is 6.30. The van der Waals surface area contributed by atoms with Crippen LogP contribution < -0.4 is 0 Å². The Kier molecular flexibility index (Phi) is 4.04. The molecule has 3 nitrogen and oxygen atoms in total. The maximum atomic E-state index is 5.98. The van der Waals surface area contributed by atoms with E-state index in [1.54, 1.807) is 0 Å². The first-order chi connectivity index (χ1) is 8.56. The van der Waals surface area contributed by atoms with Gasteiger partial charge in [0.05, 0.1) is 5.69 Å². The minimum Gasteiger partial charge on any atom is -0.361 e. The van der Waals surface area contributed by atoms with Gasteiger partial charge in [0.25, 0.3) is 0 Å². The van der Waals surface area contributed by atoms with Crippen molar-refractivity contribution in [2.45, 2.75) is 26.9 Å². The number of halogens is 1. The molecule has 0 unspecified atom stereocenters. The molecular formula is C14H17ClN2O. The van der Waals surface area contributed by atoms with Gasteiger partial charge in [-0.15, -0.1) is 0 Å². The Morgan fingerprint density at radius 3 is 2.67 bits per heavy atom. The van der Waals surface area contributed by atoms with Gasteiger partial charge in [0.2, 0.25) is 0 Å². The quantitative estimate of drug-likeness (QED) is 0.845. The summed E-state index contributed by atoms with van der Waals surface area (Å²) >= 11 is 5.98. The van der Waals surface area contributed by atoms with Crippen molar-refractivity contribution in [3.05, 3.63) is 51.9 Å². The molecule has 0 aliphatic carbocycles. The molecular weight excluding hydrogens is 248 g/mol. The molecule has 4 heteroatoms. The smallest absolute Gasteiger partial charge is 0.138 e. The second-order valence-electron chi connectivity index (χ2n) is 4.60. The monoisotopic (exact) mass is 264 g/mol. The fourth-order valence-corrected chi connectivity index (χ4v) is 2.21. The van der Waals surface area contributed by atoms with Crippen molar-refractivity contribution in [3.63, 3.8) is 0 Å². The predicted octanol–water partition coefficient (Wildman–Crippen LogP) is 3.58. The molecule has 2 rings (SSSR count). The number of aryl methyl sites for hydroxylation is 2. The van der Waals surface area contributed by atoms with E-state index in [4.69, 9.17) is 16.1 Å². The first-order valence-electron chi connectivity index (χ1n) is 5.91. The standard InChI is InChI=1S/C14H17ClN2O/c1-10-14(11(2)18-16-10)9-17(3)8-12-5-4-6-13(15)7-12/h4-7H,8-9H2,1-3H3. The molecule has 0 saturated heterocycles. The molecule has 96 valence electrons. The molecule has 0 fully saturated rings. The van der Waals surface area contributed by atoms with Crippen LogP contribution in [0.3, 0.4) is 0 Å². The fraction of sp³-hybridized carbons (Fsp3) is 0.357. The summed E-state index contributed by atoms with van der Waals surface area (Å²) in [6, 6.07) is 7.93. The van der Waals surface area contributed by atoms with Gasteiger partial charge in [-0.1, -0.05) is 28.9 Å². The van der Waals surface area contributed by atoms with Crippen molar-refractivity contribution in [1.29, 1.82) is 0 Å². The second kappa shape index (κ2) is 5.55. The van der Waals surface area contributed by atoms with Crippen LogP contribution in [-0.2, 0) is 13.1 Å². The second-order valence-corrected chi connectivity index (χ2v) is 5.04.